The zero-order valence-electron chi connectivity index (χ0n) is 11.7. The minimum atomic E-state index is 1.19. The monoisotopic (exact) mass is 228 g/mol. The summed E-state index contributed by atoms with van der Waals surface area (Å²) in [5.41, 5.74) is 0. The van der Waals surface area contributed by atoms with Crippen LogP contribution in [0.2, 0.25) is 0 Å². The molecule has 0 unspecified atom stereocenters. The number of nitrogens with zero attached hydrogens (tertiary/aromatic N) is 1. The number of hydrogen-bond acceptors (Lipinski definition) is 2. The third-order valence-electron chi connectivity index (χ3n) is 3.03. The average Bonchev–Trinajstić information content (AvgIpc) is 2.25. The minimum Gasteiger partial charge on any atom is -0.320 e. The number of rotatable bonds is 12. The smallest absolute Gasteiger partial charge is 0.00248 e. The van der Waals surface area contributed by atoms with E-state index in [9.17, 15) is 0 Å². The lowest BCUT2D eigenvalue weighted by molar-refractivity contribution is 0.389. The second-order valence-electron chi connectivity index (χ2n) is 5.09. The van der Waals surface area contributed by atoms with Crippen molar-refractivity contribution < 1.29 is 0 Å². The van der Waals surface area contributed by atoms with Crippen LogP contribution in [0.15, 0.2) is 0 Å². The highest BCUT2D eigenvalue weighted by Gasteiger charge is 1.93. The van der Waals surface area contributed by atoms with Crippen molar-refractivity contribution in [3.8, 4) is 0 Å². The first kappa shape index (κ1) is 15.9. The highest BCUT2D eigenvalue weighted by atomic mass is 15.0. The van der Waals surface area contributed by atoms with E-state index in [1.54, 1.807) is 0 Å². The molecule has 0 amide bonds. The molecule has 2 heteroatoms. The van der Waals surface area contributed by atoms with Crippen molar-refractivity contribution in [2.75, 3.05) is 34.2 Å². The second-order valence-corrected chi connectivity index (χ2v) is 5.09. The van der Waals surface area contributed by atoms with Crippen LogP contribution >= 0.6 is 0 Å². The molecule has 1 N–H and O–H groups in total. The molecule has 0 aliphatic rings. The molecular weight excluding hydrogens is 196 g/mol. The highest BCUT2D eigenvalue weighted by molar-refractivity contribution is 4.50. The van der Waals surface area contributed by atoms with Gasteiger partial charge in [0.15, 0.2) is 0 Å². The van der Waals surface area contributed by atoms with Crippen LogP contribution in [0.1, 0.15) is 57.8 Å². The van der Waals surface area contributed by atoms with E-state index in [4.69, 9.17) is 0 Å². The Morgan fingerprint density at radius 3 is 1.56 bits per heavy atom. The molecule has 0 aromatic carbocycles. The van der Waals surface area contributed by atoms with Crippen molar-refractivity contribution in [2.45, 2.75) is 57.8 Å². The van der Waals surface area contributed by atoms with E-state index in [-0.39, 0.29) is 0 Å². The van der Waals surface area contributed by atoms with Crippen LogP contribution in [0.25, 0.3) is 0 Å². The first-order valence-corrected chi connectivity index (χ1v) is 7.06. The van der Waals surface area contributed by atoms with Gasteiger partial charge < -0.3 is 10.2 Å². The summed E-state index contributed by atoms with van der Waals surface area (Å²) in [5, 5.41) is 3.20. The second kappa shape index (κ2) is 13.0. The zero-order chi connectivity index (χ0) is 12.1. The maximum atomic E-state index is 3.20. The Morgan fingerprint density at radius 2 is 1.12 bits per heavy atom. The minimum absolute atomic E-state index is 1.19. The summed E-state index contributed by atoms with van der Waals surface area (Å²) in [6.45, 7) is 2.44. The molecule has 0 spiro atoms. The zero-order valence-corrected chi connectivity index (χ0v) is 11.7. The van der Waals surface area contributed by atoms with Gasteiger partial charge in [0.2, 0.25) is 0 Å². The van der Waals surface area contributed by atoms with Crippen LogP contribution < -0.4 is 5.32 Å². The molecule has 0 atom stereocenters. The molecule has 0 rings (SSSR count). The van der Waals surface area contributed by atoms with Crippen molar-refractivity contribution in [3.63, 3.8) is 0 Å². The van der Waals surface area contributed by atoms with Gasteiger partial charge in [0.1, 0.15) is 0 Å². The lowest BCUT2D eigenvalue weighted by atomic mass is 10.1. The van der Waals surface area contributed by atoms with E-state index in [1.165, 1.54) is 70.9 Å². The first-order chi connectivity index (χ1) is 7.77. The van der Waals surface area contributed by atoms with Gasteiger partial charge >= 0.3 is 0 Å². The van der Waals surface area contributed by atoms with E-state index in [2.05, 4.69) is 24.3 Å². The maximum absolute atomic E-state index is 3.20. The summed E-state index contributed by atoms with van der Waals surface area (Å²) in [7, 11) is 6.35. The number of nitrogens with one attached hydrogen (secondary N) is 1. The largest absolute Gasteiger partial charge is 0.320 e. The third-order valence-corrected chi connectivity index (χ3v) is 3.03. The van der Waals surface area contributed by atoms with Gasteiger partial charge in [-0.05, 0) is 47.1 Å². The van der Waals surface area contributed by atoms with Gasteiger partial charge in [0, 0.05) is 0 Å². The molecule has 0 radical (unpaired) electrons. The van der Waals surface area contributed by atoms with Crippen LogP contribution in [0.5, 0.6) is 0 Å². The summed E-state index contributed by atoms with van der Waals surface area (Å²) in [5.74, 6) is 0. The van der Waals surface area contributed by atoms with Gasteiger partial charge in [-0.15, -0.1) is 0 Å². The Hall–Kier alpha value is -0.0800. The molecule has 0 bridgehead atoms. The Bertz CT molecular complexity index is 124. The fourth-order valence-corrected chi connectivity index (χ4v) is 1.97. The Labute approximate surface area is 103 Å². The summed E-state index contributed by atoms with van der Waals surface area (Å²) in [6.07, 6.45) is 12.7. The van der Waals surface area contributed by atoms with E-state index in [0.717, 1.165) is 0 Å². The van der Waals surface area contributed by atoms with Crippen molar-refractivity contribution in [2.24, 2.45) is 0 Å². The van der Waals surface area contributed by atoms with Crippen LogP contribution in [0.3, 0.4) is 0 Å². The van der Waals surface area contributed by atoms with Crippen LogP contribution in [-0.4, -0.2) is 39.1 Å². The van der Waals surface area contributed by atoms with Crippen LogP contribution in [0, 0.1) is 0 Å². The van der Waals surface area contributed by atoms with E-state index in [0.29, 0.717) is 0 Å². The predicted molar refractivity (Wildman–Crippen MR) is 74.0 cm³/mol. The molecule has 0 aromatic rings. The van der Waals surface area contributed by atoms with Gasteiger partial charge in [-0.3, -0.25) is 0 Å². The van der Waals surface area contributed by atoms with Crippen molar-refractivity contribution in [3.05, 3.63) is 0 Å². The van der Waals surface area contributed by atoms with Gasteiger partial charge in [-0.2, -0.15) is 0 Å². The topological polar surface area (TPSA) is 15.3 Å². The average molecular weight is 228 g/mol. The third kappa shape index (κ3) is 13.9. The van der Waals surface area contributed by atoms with Crippen LogP contribution in [0.4, 0.5) is 0 Å². The molecule has 0 saturated carbocycles. The molecule has 0 aliphatic carbocycles. The van der Waals surface area contributed by atoms with Gasteiger partial charge in [-0.1, -0.05) is 44.9 Å². The molecular formula is C14H32N2. The number of unbranched alkanes of at least 4 members (excludes halogenated alkanes) is 8. The standard InChI is InChI=1S/C14H32N2/c1-15-13-11-9-7-5-4-6-8-10-12-14-16(2)3/h15H,4-14H2,1-3H3. The SMILES string of the molecule is CNCCCCCCCCCCCN(C)C. The van der Waals surface area contributed by atoms with Crippen molar-refractivity contribution in [1.29, 1.82) is 0 Å². The molecule has 0 saturated heterocycles. The van der Waals surface area contributed by atoms with Crippen LogP contribution in [-0.2, 0) is 0 Å². The Kier molecular flexibility index (Phi) is 12.9. The van der Waals surface area contributed by atoms with Gasteiger partial charge in [-0.25, -0.2) is 0 Å². The summed E-state index contributed by atoms with van der Waals surface area (Å²) < 4.78 is 0. The predicted octanol–water partition coefficient (Wildman–Crippen LogP) is 3.28. The molecule has 0 aliphatic heterocycles. The first-order valence-electron chi connectivity index (χ1n) is 7.06. The molecule has 98 valence electrons. The fourth-order valence-electron chi connectivity index (χ4n) is 1.97. The van der Waals surface area contributed by atoms with Gasteiger partial charge in [0.25, 0.3) is 0 Å². The fraction of sp³-hybridized carbons (Fsp3) is 1.00. The Morgan fingerprint density at radius 1 is 0.688 bits per heavy atom. The summed E-state index contributed by atoms with van der Waals surface area (Å²) in [6, 6.07) is 0. The Balaban J connectivity index is 2.88. The lowest BCUT2D eigenvalue weighted by Gasteiger charge is -2.08. The molecule has 2 nitrogen and oxygen atoms in total. The van der Waals surface area contributed by atoms with Crippen molar-refractivity contribution >= 4 is 0 Å². The quantitative estimate of drug-likeness (QED) is 0.516. The molecule has 0 heterocycles. The summed E-state index contributed by atoms with van der Waals surface area (Å²) in [4.78, 5) is 2.28. The normalized spacial score (nSPS) is 11.2. The lowest BCUT2D eigenvalue weighted by Crippen LogP contribution is -2.12. The molecule has 0 fully saturated rings. The summed E-state index contributed by atoms with van der Waals surface area (Å²) >= 11 is 0. The van der Waals surface area contributed by atoms with E-state index in [1.807, 2.05) is 7.05 Å². The highest BCUT2D eigenvalue weighted by Crippen LogP contribution is 2.09. The molecule has 0 aromatic heterocycles. The van der Waals surface area contributed by atoms with Crippen molar-refractivity contribution in [1.82, 2.24) is 10.2 Å². The molecule has 16 heavy (non-hydrogen) atoms. The number of hydrogen-bond donors (Lipinski definition) is 1. The van der Waals surface area contributed by atoms with E-state index >= 15 is 0 Å². The maximum Gasteiger partial charge on any atom is -0.00248 e. The van der Waals surface area contributed by atoms with Gasteiger partial charge in [0.05, 0.1) is 0 Å². The van der Waals surface area contributed by atoms with E-state index < -0.39 is 0 Å².